The maximum absolute atomic E-state index is 13.3. The summed E-state index contributed by atoms with van der Waals surface area (Å²) in [6.07, 6.45) is 4.72. The van der Waals surface area contributed by atoms with Crippen LogP contribution in [0.25, 0.3) is 17.1 Å². The molecule has 0 aliphatic carbocycles. The third kappa shape index (κ3) is 6.57. The number of aryl methyl sites for hydroxylation is 1. The Morgan fingerprint density at radius 2 is 1.63 bits per heavy atom. The van der Waals surface area contributed by atoms with E-state index >= 15 is 0 Å². The Balaban J connectivity index is 1.50. The van der Waals surface area contributed by atoms with E-state index in [2.05, 4.69) is 9.88 Å². The SMILES string of the molecule is C/C=C/c1ccc(OCCCn2c(C(C)NC(=O)c3cc(OC)c(OC)c(OC)c3)nc3ccccc32)c(OC)c1. The molecule has 0 saturated carbocycles. The van der Waals surface area contributed by atoms with Crippen LogP contribution in [-0.2, 0) is 6.54 Å². The first-order chi connectivity index (χ1) is 19.9. The molecule has 3 aromatic carbocycles. The van der Waals surface area contributed by atoms with Crippen molar-refractivity contribution in [3.8, 4) is 28.7 Å². The van der Waals surface area contributed by atoms with Crippen LogP contribution in [0.15, 0.2) is 60.7 Å². The molecular weight excluding hydrogens is 522 g/mol. The summed E-state index contributed by atoms with van der Waals surface area (Å²) in [6, 6.07) is 16.7. The second kappa shape index (κ2) is 13.6. The van der Waals surface area contributed by atoms with Gasteiger partial charge in [0.25, 0.3) is 5.91 Å². The van der Waals surface area contributed by atoms with Gasteiger partial charge in [0.2, 0.25) is 5.75 Å². The number of amides is 1. The fourth-order valence-electron chi connectivity index (χ4n) is 4.72. The topological polar surface area (TPSA) is 93.1 Å². The van der Waals surface area contributed by atoms with Gasteiger partial charge < -0.3 is 33.6 Å². The molecule has 0 spiro atoms. The molecule has 0 saturated heterocycles. The van der Waals surface area contributed by atoms with Gasteiger partial charge in [-0.1, -0.05) is 30.4 Å². The van der Waals surface area contributed by atoms with Crippen LogP contribution >= 0.6 is 0 Å². The molecule has 1 N–H and O–H groups in total. The van der Waals surface area contributed by atoms with Crippen LogP contribution < -0.4 is 29.0 Å². The number of fused-ring (bicyclic) bond motifs is 1. The fourth-order valence-corrected chi connectivity index (χ4v) is 4.72. The third-order valence-corrected chi connectivity index (χ3v) is 6.68. The van der Waals surface area contributed by atoms with Crippen molar-refractivity contribution in [3.05, 3.63) is 77.6 Å². The summed E-state index contributed by atoms with van der Waals surface area (Å²) in [6.45, 7) is 5.03. The minimum atomic E-state index is -0.380. The zero-order valence-electron chi connectivity index (χ0n) is 24.4. The lowest BCUT2D eigenvalue weighted by Crippen LogP contribution is -2.29. The molecule has 0 radical (unpaired) electrons. The van der Waals surface area contributed by atoms with E-state index < -0.39 is 0 Å². The smallest absolute Gasteiger partial charge is 0.252 e. The van der Waals surface area contributed by atoms with Gasteiger partial charge in [-0.05, 0) is 62.2 Å². The Labute approximate surface area is 240 Å². The van der Waals surface area contributed by atoms with Crippen molar-refractivity contribution >= 4 is 23.0 Å². The molecule has 41 heavy (non-hydrogen) atoms. The molecule has 1 heterocycles. The van der Waals surface area contributed by atoms with Crippen LogP contribution in [-0.4, -0.2) is 50.5 Å². The molecule has 0 fully saturated rings. The third-order valence-electron chi connectivity index (χ3n) is 6.68. The number of nitrogens with zero attached hydrogens (tertiary/aromatic N) is 2. The number of carbonyl (C=O) groups is 1. The molecular formula is C32H37N3O6. The molecule has 0 aliphatic rings. The summed E-state index contributed by atoms with van der Waals surface area (Å²) in [7, 11) is 6.19. The predicted molar refractivity (Wildman–Crippen MR) is 160 cm³/mol. The zero-order valence-corrected chi connectivity index (χ0v) is 24.4. The van der Waals surface area contributed by atoms with Crippen LogP contribution in [0.5, 0.6) is 28.7 Å². The van der Waals surface area contributed by atoms with Gasteiger partial charge in [0.05, 0.1) is 52.1 Å². The van der Waals surface area contributed by atoms with Crippen molar-refractivity contribution in [1.29, 1.82) is 0 Å². The lowest BCUT2D eigenvalue weighted by atomic mass is 10.1. The molecule has 0 aliphatic heterocycles. The van der Waals surface area contributed by atoms with Gasteiger partial charge in [-0.3, -0.25) is 4.79 Å². The highest BCUT2D eigenvalue weighted by atomic mass is 16.5. The van der Waals surface area contributed by atoms with Crippen molar-refractivity contribution < 1.29 is 28.5 Å². The second-order valence-electron chi connectivity index (χ2n) is 9.33. The van der Waals surface area contributed by atoms with Gasteiger partial charge in [0, 0.05) is 12.1 Å². The fraction of sp³-hybridized carbons (Fsp3) is 0.312. The maximum atomic E-state index is 13.3. The normalized spacial score (nSPS) is 11.9. The van der Waals surface area contributed by atoms with Gasteiger partial charge in [-0.2, -0.15) is 0 Å². The highest BCUT2D eigenvalue weighted by Crippen LogP contribution is 2.38. The summed E-state index contributed by atoms with van der Waals surface area (Å²) in [4.78, 5) is 18.2. The van der Waals surface area contributed by atoms with Gasteiger partial charge >= 0.3 is 0 Å². The highest BCUT2D eigenvalue weighted by Gasteiger charge is 2.22. The largest absolute Gasteiger partial charge is 0.493 e. The Hall–Kier alpha value is -4.66. The predicted octanol–water partition coefficient (Wildman–Crippen LogP) is 6.06. The molecule has 1 atom stereocenters. The van der Waals surface area contributed by atoms with Gasteiger partial charge in [0.15, 0.2) is 23.0 Å². The number of ether oxygens (including phenoxy) is 5. The minimum absolute atomic E-state index is 0.285. The van der Waals surface area contributed by atoms with Crippen molar-refractivity contribution in [2.75, 3.05) is 35.0 Å². The zero-order chi connectivity index (χ0) is 29.4. The first kappa shape index (κ1) is 29.3. The van der Waals surface area contributed by atoms with Crippen LogP contribution in [0.2, 0.25) is 0 Å². The van der Waals surface area contributed by atoms with E-state index in [1.807, 2.05) is 68.5 Å². The number of imidazole rings is 1. The highest BCUT2D eigenvalue weighted by molar-refractivity contribution is 5.96. The number of benzene rings is 3. The van der Waals surface area contributed by atoms with E-state index in [4.69, 9.17) is 28.7 Å². The molecule has 4 rings (SSSR count). The van der Waals surface area contributed by atoms with E-state index in [0.717, 1.165) is 28.8 Å². The van der Waals surface area contributed by atoms with Crippen molar-refractivity contribution in [1.82, 2.24) is 14.9 Å². The molecule has 4 aromatic rings. The van der Waals surface area contributed by atoms with Crippen LogP contribution in [0, 0.1) is 0 Å². The first-order valence-electron chi connectivity index (χ1n) is 13.4. The Kier molecular flexibility index (Phi) is 9.73. The summed E-state index contributed by atoms with van der Waals surface area (Å²) in [5, 5.41) is 3.07. The quantitative estimate of drug-likeness (QED) is 0.199. The molecule has 1 unspecified atom stereocenters. The summed E-state index contributed by atoms with van der Waals surface area (Å²) in [5.74, 6) is 3.09. The lowest BCUT2D eigenvalue weighted by molar-refractivity contribution is 0.0936. The monoisotopic (exact) mass is 559 g/mol. The van der Waals surface area contributed by atoms with Crippen LogP contribution in [0.4, 0.5) is 0 Å². The van der Waals surface area contributed by atoms with E-state index in [-0.39, 0.29) is 11.9 Å². The molecule has 1 aromatic heterocycles. The number of rotatable bonds is 13. The van der Waals surface area contributed by atoms with Gasteiger partial charge in [-0.15, -0.1) is 0 Å². The Morgan fingerprint density at radius 3 is 2.29 bits per heavy atom. The van der Waals surface area contributed by atoms with Crippen LogP contribution in [0.1, 0.15) is 48.1 Å². The number of para-hydroxylation sites is 2. The van der Waals surface area contributed by atoms with E-state index in [9.17, 15) is 4.79 Å². The average molecular weight is 560 g/mol. The molecule has 9 nitrogen and oxygen atoms in total. The molecule has 0 bridgehead atoms. The second-order valence-corrected chi connectivity index (χ2v) is 9.33. The number of allylic oxidation sites excluding steroid dienone is 1. The van der Waals surface area contributed by atoms with Gasteiger partial charge in [0.1, 0.15) is 5.82 Å². The van der Waals surface area contributed by atoms with Crippen LogP contribution in [0.3, 0.4) is 0 Å². The van der Waals surface area contributed by atoms with Crippen molar-refractivity contribution in [2.45, 2.75) is 32.9 Å². The summed E-state index contributed by atoms with van der Waals surface area (Å²) < 4.78 is 29.9. The summed E-state index contributed by atoms with van der Waals surface area (Å²) >= 11 is 0. The number of aromatic nitrogens is 2. The maximum Gasteiger partial charge on any atom is 0.252 e. The van der Waals surface area contributed by atoms with E-state index in [0.29, 0.717) is 47.5 Å². The number of methoxy groups -OCH3 is 4. The lowest BCUT2D eigenvalue weighted by Gasteiger charge is -2.18. The number of carbonyl (C=O) groups excluding carboxylic acids is 1. The molecule has 216 valence electrons. The number of hydrogen-bond donors (Lipinski definition) is 1. The first-order valence-corrected chi connectivity index (χ1v) is 13.4. The standard InChI is InChI=1S/C32H37N3O6/c1-7-11-22-14-15-26(27(18-22)37-3)41-17-10-16-35-25-13-9-8-12-24(25)34-31(35)21(2)33-32(36)23-19-28(38-4)30(40-6)29(20-23)39-5/h7-9,11-15,18-21H,10,16-17H2,1-6H3,(H,33,36)/b11-7+. The van der Waals surface area contributed by atoms with Crippen molar-refractivity contribution in [2.24, 2.45) is 0 Å². The summed E-state index contributed by atoms with van der Waals surface area (Å²) in [5.41, 5.74) is 3.29. The van der Waals surface area contributed by atoms with Gasteiger partial charge in [-0.25, -0.2) is 4.98 Å². The van der Waals surface area contributed by atoms with E-state index in [1.165, 1.54) is 21.3 Å². The Morgan fingerprint density at radius 1 is 0.927 bits per heavy atom. The number of nitrogens with one attached hydrogen (secondary N) is 1. The minimum Gasteiger partial charge on any atom is -0.493 e. The van der Waals surface area contributed by atoms with Crippen molar-refractivity contribution in [3.63, 3.8) is 0 Å². The average Bonchev–Trinajstić information content (AvgIpc) is 3.37. The Bertz CT molecular complexity index is 1500. The van der Waals surface area contributed by atoms with E-state index in [1.54, 1.807) is 19.2 Å². The molecule has 1 amide bonds. The number of hydrogen-bond acceptors (Lipinski definition) is 7. The molecule has 9 heteroatoms.